The maximum atomic E-state index is 13.5. The number of carbonyl (C=O) groups excluding carboxylic acids is 1. The molecule has 0 fully saturated rings. The summed E-state index contributed by atoms with van der Waals surface area (Å²) in [6.07, 6.45) is 1.62. The average Bonchev–Trinajstić information content (AvgIpc) is 3.14. The largest absolute Gasteiger partial charge is 0.490 e. The fraction of sp³-hybridized carbons (Fsp3) is 0.240. The molecule has 1 aromatic heterocycles. The van der Waals surface area contributed by atoms with Crippen LogP contribution in [0, 0.1) is 0 Å². The first-order valence-electron chi connectivity index (χ1n) is 10.7. The van der Waals surface area contributed by atoms with Crippen LogP contribution in [0.4, 0.5) is 8.78 Å². The van der Waals surface area contributed by atoms with Crippen LogP contribution >= 0.6 is 11.3 Å². The highest BCUT2D eigenvalue weighted by atomic mass is 32.1. The van der Waals surface area contributed by atoms with Crippen LogP contribution in [0.5, 0.6) is 11.5 Å². The zero-order chi connectivity index (χ0) is 25.1. The van der Waals surface area contributed by atoms with E-state index in [9.17, 15) is 18.4 Å². The fourth-order valence-electron chi connectivity index (χ4n) is 3.87. The minimum atomic E-state index is -2.99. The van der Waals surface area contributed by atoms with Gasteiger partial charge in [-0.1, -0.05) is 47.7 Å². The van der Waals surface area contributed by atoms with Crippen LogP contribution in [-0.2, 0) is 9.53 Å². The Bertz CT molecular complexity index is 1460. The van der Waals surface area contributed by atoms with E-state index < -0.39 is 18.6 Å². The summed E-state index contributed by atoms with van der Waals surface area (Å²) >= 11 is 1.16. The van der Waals surface area contributed by atoms with Crippen LogP contribution < -0.4 is 24.4 Å². The van der Waals surface area contributed by atoms with Crippen molar-refractivity contribution in [2.24, 2.45) is 4.99 Å². The quantitative estimate of drug-likeness (QED) is 0.465. The zero-order valence-corrected chi connectivity index (χ0v) is 20.0. The summed E-state index contributed by atoms with van der Waals surface area (Å²) in [5.74, 6) is -0.520. The maximum Gasteiger partial charge on any atom is 0.387 e. The van der Waals surface area contributed by atoms with Gasteiger partial charge in [0.15, 0.2) is 16.3 Å². The Hall–Kier alpha value is -3.79. The number of esters is 1. The third-order valence-electron chi connectivity index (χ3n) is 5.32. The highest BCUT2D eigenvalue weighted by Crippen LogP contribution is 2.31. The number of fused-ring (bicyclic) bond motifs is 1. The Morgan fingerprint density at radius 3 is 2.60 bits per heavy atom. The predicted octanol–water partition coefficient (Wildman–Crippen LogP) is 3.41. The molecule has 1 aliphatic rings. The number of aromatic nitrogens is 1. The summed E-state index contributed by atoms with van der Waals surface area (Å²) in [5, 5.41) is 0. The summed E-state index contributed by atoms with van der Waals surface area (Å²) in [6.45, 7) is 0.684. The van der Waals surface area contributed by atoms with Crippen LogP contribution in [0.3, 0.4) is 0 Å². The Kier molecular flexibility index (Phi) is 7.11. The summed E-state index contributed by atoms with van der Waals surface area (Å²) in [4.78, 5) is 31.1. The van der Waals surface area contributed by atoms with Crippen molar-refractivity contribution < 1.29 is 27.8 Å². The van der Waals surface area contributed by atoms with Gasteiger partial charge in [-0.2, -0.15) is 8.78 Å². The SMILES string of the molecule is CCOc1cc(C=c2sc3n(c2=O)C(c2ccccc2)C(C(=O)OC)=C(C)N=3)ccc1OC(F)F. The maximum absolute atomic E-state index is 13.5. The van der Waals surface area contributed by atoms with Gasteiger partial charge in [-0.15, -0.1) is 0 Å². The molecular weight excluding hydrogens is 478 g/mol. The Morgan fingerprint density at radius 2 is 1.94 bits per heavy atom. The Labute approximate surface area is 203 Å². The number of hydrogen-bond acceptors (Lipinski definition) is 7. The molecule has 1 unspecified atom stereocenters. The number of benzene rings is 2. The lowest BCUT2D eigenvalue weighted by Crippen LogP contribution is -2.39. The number of methoxy groups -OCH3 is 1. The molecule has 2 heterocycles. The number of alkyl halides is 2. The molecule has 0 spiro atoms. The van der Waals surface area contributed by atoms with Crippen molar-refractivity contribution in [1.29, 1.82) is 0 Å². The number of nitrogens with zero attached hydrogens (tertiary/aromatic N) is 2. The summed E-state index contributed by atoms with van der Waals surface area (Å²) in [7, 11) is 1.28. The molecule has 7 nitrogen and oxygen atoms in total. The second-order valence-electron chi connectivity index (χ2n) is 7.50. The number of thiazole rings is 1. The first-order chi connectivity index (χ1) is 16.8. The lowest BCUT2D eigenvalue weighted by atomic mass is 9.96. The van der Waals surface area contributed by atoms with Crippen molar-refractivity contribution in [3.8, 4) is 11.5 Å². The summed E-state index contributed by atoms with van der Waals surface area (Å²) < 4.78 is 42.2. The lowest BCUT2D eigenvalue weighted by molar-refractivity contribution is -0.136. The normalized spacial score (nSPS) is 15.6. The van der Waals surface area contributed by atoms with Crippen LogP contribution in [0.15, 0.2) is 69.6 Å². The van der Waals surface area contributed by atoms with Gasteiger partial charge in [0.1, 0.15) is 0 Å². The van der Waals surface area contributed by atoms with Gasteiger partial charge in [0.05, 0.1) is 35.6 Å². The van der Waals surface area contributed by atoms with Gasteiger partial charge < -0.3 is 14.2 Å². The standard InChI is InChI=1S/C25H22F2N2O5S/c1-4-33-18-12-15(10-11-17(18)34-24(26)27)13-19-22(30)29-21(16-8-6-5-7-9-16)20(23(31)32-3)14(2)28-25(29)35-19/h5-13,21,24H,4H2,1-3H3. The van der Waals surface area contributed by atoms with Crippen LogP contribution in [0.2, 0.25) is 0 Å². The molecule has 35 heavy (non-hydrogen) atoms. The summed E-state index contributed by atoms with van der Waals surface area (Å²) in [6, 6.07) is 12.9. The summed E-state index contributed by atoms with van der Waals surface area (Å²) in [5.41, 5.74) is 1.69. The fourth-order valence-corrected chi connectivity index (χ4v) is 4.92. The lowest BCUT2D eigenvalue weighted by Gasteiger charge is -2.24. The molecule has 0 bridgehead atoms. The first kappa shape index (κ1) is 24.3. The van der Waals surface area contributed by atoms with Crippen molar-refractivity contribution in [3.05, 3.63) is 90.6 Å². The number of hydrogen-bond donors (Lipinski definition) is 0. The van der Waals surface area contributed by atoms with Crippen LogP contribution in [-0.4, -0.2) is 30.9 Å². The van der Waals surface area contributed by atoms with E-state index in [0.29, 0.717) is 20.6 Å². The first-order valence-corrected chi connectivity index (χ1v) is 11.5. The number of allylic oxidation sites excluding steroid dienone is 1. The third-order valence-corrected chi connectivity index (χ3v) is 6.31. The van der Waals surface area contributed by atoms with Crippen molar-refractivity contribution in [3.63, 3.8) is 0 Å². The van der Waals surface area contributed by atoms with E-state index in [4.69, 9.17) is 9.47 Å². The van der Waals surface area contributed by atoms with Gasteiger partial charge >= 0.3 is 12.6 Å². The van der Waals surface area contributed by atoms with E-state index in [1.165, 1.54) is 23.8 Å². The minimum absolute atomic E-state index is 0.0946. The van der Waals surface area contributed by atoms with E-state index >= 15 is 0 Å². The molecule has 1 atom stereocenters. The number of ether oxygens (including phenoxy) is 3. The molecule has 4 rings (SSSR count). The van der Waals surface area contributed by atoms with Crippen molar-refractivity contribution in [2.75, 3.05) is 13.7 Å². The highest BCUT2D eigenvalue weighted by molar-refractivity contribution is 7.07. The third kappa shape index (κ3) is 4.88. The molecule has 0 aliphatic carbocycles. The van der Waals surface area contributed by atoms with E-state index in [1.807, 2.05) is 30.3 Å². The van der Waals surface area contributed by atoms with Crippen molar-refractivity contribution in [1.82, 2.24) is 4.57 Å². The van der Waals surface area contributed by atoms with Crippen LogP contribution in [0.25, 0.3) is 6.08 Å². The number of carbonyl (C=O) groups is 1. The van der Waals surface area contributed by atoms with Gasteiger partial charge in [0.25, 0.3) is 5.56 Å². The molecule has 1 aliphatic heterocycles. The molecular formula is C25H22F2N2O5S. The van der Waals surface area contributed by atoms with Gasteiger partial charge in [-0.05, 0) is 43.2 Å². The molecule has 0 saturated carbocycles. The van der Waals surface area contributed by atoms with Crippen LogP contribution in [0.1, 0.15) is 31.0 Å². The van der Waals surface area contributed by atoms with Gasteiger partial charge in [0, 0.05) is 0 Å². The molecule has 10 heteroatoms. The van der Waals surface area contributed by atoms with Gasteiger partial charge in [-0.25, -0.2) is 9.79 Å². The second kappa shape index (κ2) is 10.2. The highest BCUT2D eigenvalue weighted by Gasteiger charge is 2.32. The van der Waals surface area contributed by atoms with Crippen molar-refractivity contribution >= 4 is 23.4 Å². The smallest absolute Gasteiger partial charge is 0.387 e. The zero-order valence-electron chi connectivity index (χ0n) is 19.2. The van der Waals surface area contributed by atoms with E-state index in [1.54, 1.807) is 26.0 Å². The second-order valence-corrected chi connectivity index (χ2v) is 8.51. The molecule has 0 radical (unpaired) electrons. The van der Waals surface area contributed by atoms with Crippen molar-refractivity contribution in [2.45, 2.75) is 26.5 Å². The molecule has 2 aromatic carbocycles. The molecule has 0 saturated heterocycles. The minimum Gasteiger partial charge on any atom is -0.490 e. The topological polar surface area (TPSA) is 79.1 Å². The molecule has 182 valence electrons. The molecule has 3 aromatic rings. The van der Waals surface area contributed by atoms with E-state index in [0.717, 1.165) is 16.9 Å². The van der Waals surface area contributed by atoms with Gasteiger partial charge in [0.2, 0.25) is 0 Å². The average molecular weight is 501 g/mol. The van der Waals surface area contributed by atoms with E-state index in [-0.39, 0.29) is 29.2 Å². The number of rotatable bonds is 7. The number of halogens is 2. The Morgan fingerprint density at radius 1 is 1.20 bits per heavy atom. The predicted molar refractivity (Wildman–Crippen MR) is 126 cm³/mol. The Balaban J connectivity index is 1.88. The molecule has 0 N–H and O–H groups in total. The monoisotopic (exact) mass is 500 g/mol. The molecule has 0 amide bonds. The van der Waals surface area contributed by atoms with Gasteiger partial charge in [-0.3, -0.25) is 9.36 Å². The van der Waals surface area contributed by atoms with E-state index in [2.05, 4.69) is 9.73 Å².